The van der Waals surface area contributed by atoms with Crippen LogP contribution in [0.5, 0.6) is 0 Å². The Morgan fingerprint density at radius 1 is 1.07 bits per heavy atom. The number of hydrogen-bond donors (Lipinski definition) is 1. The molecule has 1 aromatic rings. The molecular formula is C21H27FN4O3. The number of piperidine rings is 1. The van der Waals surface area contributed by atoms with Crippen molar-refractivity contribution < 1.29 is 18.7 Å². The summed E-state index contributed by atoms with van der Waals surface area (Å²) in [5.74, 6) is -0.312. The van der Waals surface area contributed by atoms with Gasteiger partial charge in [-0.1, -0.05) is 12.1 Å². The van der Waals surface area contributed by atoms with Crippen LogP contribution in [0.1, 0.15) is 24.8 Å². The summed E-state index contributed by atoms with van der Waals surface area (Å²) in [6, 6.07) is 6.80. The molecule has 1 saturated carbocycles. The standard InChI is InChI=1S/C21H27FN4O3/c22-16-3-1-15(2-4-16)21(6-7-21)26-11-9-24(10-12-26)20(28)25-8-5-18-17(13-25)23-19(27)14-29-18/h1-4,17-18H,5-14H2,(H,23,27)/t17-,18+/m1/s1. The lowest BCUT2D eigenvalue weighted by Gasteiger charge is -2.45. The van der Waals surface area contributed by atoms with Crippen LogP contribution in [0, 0.1) is 5.82 Å². The zero-order valence-corrected chi connectivity index (χ0v) is 16.5. The maximum Gasteiger partial charge on any atom is 0.320 e. The van der Waals surface area contributed by atoms with E-state index in [-0.39, 0.29) is 42.0 Å². The Labute approximate surface area is 169 Å². The number of fused-ring (bicyclic) bond motifs is 1. The SMILES string of the molecule is O=C1CO[C@H]2CCN(C(=O)N3CCN(C4(c5ccc(F)cc5)CC4)CC3)C[C@H]2N1. The van der Waals surface area contributed by atoms with E-state index in [9.17, 15) is 14.0 Å². The smallest absolute Gasteiger partial charge is 0.320 e. The molecule has 3 heterocycles. The lowest BCUT2D eigenvalue weighted by molar-refractivity contribution is -0.139. The molecule has 3 aliphatic heterocycles. The van der Waals surface area contributed by atoms with E-state index in [0.29, 0.717) is 26.2 Å². The van der Waals surface area contributed by atoms with Crippen LogP contribution >= 0.6 is 0 Å². The lowest BCUT2D eigenvalue weighted by Crippen LogP contribution is -2.63. The van der Waals surface area contributed by atoms with E-state index in [1.54, 1.807) is 0 Å². The maximum absolute atomic E-state index is 13.3. The second kappa shape index (κ2) is 7.25. The molecule has 156 valence electrons. The minimum absolute atomic E-state index is 0.0130. The normalized spacial score (nSPS) is 29.2. The van der Waals surface area contributed by atoms with Crippen LogP contribution in [0.25, 0.3) is 0 Å². The molecule has 5 rings (SSSR count). The molecule has 1 N–H and O–H groups in total. The Morgan fingerprint density at radius 3 is 2.48 bits per heavy atom. The first-order valence-corrected chi connectivity index (χ1v) is 10.5. The Morgan fingerprint density at radius 2 is 1.79 bits per heavy atom. The van der Waals surface area contributed by atoms with E-state index < -0.39 is 0 Å². The van der Waals surface area contributed by atoms with Crippen LogP contribution in [0.4, 0.5) is 9.18 Å². The molecule has 0 spiro atoms. The molecule has 3 amide bonds. The van der Waals surface area contributed by atoms with Gasteiger partial charge in [-0.2, -0.15) is 0 Å². The quantitative estimate of drug-likeness (QED) is 0.806. The number of likely N-dealkylation sites (tertiary alicyclic amines) is 1. The minimum Gasteiger partial charge on any atom is -0.366 e. The van der Waals surface area contributed by atoms with Crippen molar-refractivity contribution in [3.8, 4) is 0 Å². The van der Waals surface area contributed by atoms with Gasteiger partial charge in [0.25, 0.3) is 0 Å². The van der Waals surface area contributed by atoms with Gasteiger partial charge in [-0.15, -0.1) is 0 Å². The second-order valence-electron chi connectivity index (χ2n) is 8.55. The molecule has 7 nitrogen and oxygen atoms in total. The number of amides is 3. The van der Waals surface area contributed by atoms with Crippen molar-refractivity contribution in [1.82, 2.24) is 20.0 Å². The van der Waals surface area contributed by atoms with E-state index >= 15 is 0 Å². The van der Waals surface area contributed by atoms with Gasteiger partial charge in [-0.25, -0.2) is 9.18 Å². The Balaban J connectivity index is 1.18. The Bertz CT molecular complexity index is 790. The number of hydrogen-bond acceptors (Lipinski definition) is 4. The van der Waals surface area contributed by atoms with Crippen molar-refractivity contribution >= 4 is 11.9 Å². The molecule has 1 aromatic carbocycles. The monoisotopic (exact) mass is 402 g/mol. The third-order valence-electron chi connectivity index (χ3n) is 6.86. The summed E-state index contributed by atoms with van der Waals surface area (Å²) < 4.78 is 18.9. The predicted molar refractivity (Wildman–Crippen MR) is 104 cm³/mol. The largest absolute Gasteiger partial charge is 0.366 e. The Kier molecular flexibility index (Phi) is 4.70. The number of carbonyl (C=O) groups is 2. The number of carbonyl (C=O) groups excluding carboxylic acids is 2. The summed E-state index contributed by atoms with van der Waals surface area (Å²) in [7, 11) is 0. The molecule has 0 aromatic heterocycles. The van der Waals surface area contributed by atoms with Crippen molar-refractivity contribution in [1.29, 1.82) is 0 Å². The molecule has 4 aliphatic rings. The van der Waals surface area contributed by atoms with E-state index in [1.165, 1.54) is 17.7 Å². The van der Waals surface area contributed by atoms with Gasteiger partial charge in [-0.05, 0) is 37.0 Å². The van der Waals surface area contributed by atoms with Gasteiger partial charge in [0.15, 0.2) is 0 Å². The maximum atomic E-state index is 13.3. The van der Waals surface area contributed by atoms with Gasteiger partial charge < -0.3 is 19.9 Å². The highest BCUT2D eigenvalue weighted by atomic mass is 19.1. The third-order valence-corrected chi connectivity index (χ3v) is 6.86. The van der Waals surface area contributed by atoms with Crippen molar-refractivity contribution in [2.24, 2.45) is 0 Å². The molecule has 4 fully saturated rings. The number of urea groups is 1. The average Bonchev–Trinajstić information content (AvgIpc) is 3.55. The molecule has 3 saturated heterocycles. The zero-order chi connectivity index (χ0) is 20.0. The minimum atomic E-state index is -0.205. The van der Waals surface area contributed by atoms with Crippen LogP contribution in [0.2, 0.25) is 0 Å². The van der Waals surface area contributed by atoms with Crippen molar-refractivity contribution in [2.45, 2.75) is 36.9 Å². The van der Waals surface area contributed by atoms with Crippen molar-refractivity contribution in [3.63, 3.8) is 0 Å². The average molecular weight is 402 g/mol. The number of benzene rings is 1. The number of nitrogens with one attached hydrogen (secondary N) is 1. The number of rotatable bonds is 2. The third kappa shape index (κ3) is 3.48. The van der Waals surface area contributed by atoms with Crippen LogP contribution in [-0.4, -0.2) is 84.7 Å². The molecule has 8 heteroatoms. The van der Waals surface area contributed by atoms with Gasteiger partial charge >= 0.3 is 6.03 Å². The first-order valence-electron chi connectivity index (χ1n) is 10.5. The van der Waals surface area contributed by atoms with Gasteiger partial charge in [-0.3, -0.25) is 9.69 Å². The number of nitrogens with zero attached hydrogens (tertiary/aromatic N) is 3. The number of morpholine rings is 1. The fourth-order valence-corrected chi connectivity index (χ4v) is 5.07. The first-order chi connectivity index (χ1) is 14.0. The summed E-state index contributed by atoms with van der Waals surface area (Å²) in [6.07, 6.45) is 2.94. The van der Waals surface area contributed by atoms with Gasteiger partial charge in [0.05, 0.1) is 12.1 Å². The van der Waals surface area contributed by atoms with Crippen LogP contribution in [0.15, 0.2) is 24.3 Å². The molecule has 29 heavy (non-hydrogen) atoms. The molecule has 0 unspecified atom stereocenters. The summed E-state index contributed by atoms with van der Waals surface area (Å²) in [6.45, 7) is 4.31. The second-order valence-corrected chi connectivity index (χ2v) is 8.55. The van der Waals surface area contributed by atoms with Crippen molar-refractivity contribution in [3.05, 3.63) is 35.6 Å². The van der Waals surface area contributed by atoms with E-state index in [2.05, 4.69) is 10.2 Å². The summed E-state index contributed by atoms with van der Waals surface area (Å²) in [5, 5.41) is 2.95. The summed E-state index contributed by atoms with van der Waals surface area (Å²) in [4.78, 5) is 30.8. The first kappa shape index (κ1) is 18.8. The van der Waals surface area contributed by atoms with Crippen LogP contribution in [0.3, 0.4) is 0 Å². The van der Waals surface area contributed by atoms with E-state index in [4.69, 9.17) is 4.74 Å². The topological polar surface area (TPSA) is 65.1 Å². The molecule has 2 atom stereocenters. The van der Waals surface area contributed by atoms with Crippen LogP contribution < -0.4 is 5.32 Å². The lowest BCUT2D eigenvalue weighted by atomic mass is 10.0. The van der Waals surface area contributed by atoms with Crippen molar-refractivity contribution in [2.75, 3.05) is 45.9 Å². The van der Waals surface area contributed by atoms with Crippen LogP contribution in [-0.2, 0) is 15.1 Å². The zero-order valence-electron chi connectivity index (χ0n) is 16.5. The van der Waals surface area contributed by atoms with E-state index in [1.807, 2.05) is 21.9 Å². The highest BCUT2D eigenvalue weighted by molar-refractivity contribution is 5.79. The number of piperazine rings is 1. The molecule has 1 aliphatic carbocycles. The number of ether oxygens (including phenoxy) is 1. The highest BCUT2D eigenvalue weighted by Crippen LogP contribution is 2.51. The highest BCUT2D eigenvalue weighted by Gasteiger charge is 2.50. The summed E-state index contributed by atoms with van der Waals surface area (Å²) >= 11 is 0. The molecule has 0 radical (unpaired) electrons. The van der Waals surface area contributed by atoms with Gasteiger partial charge in [0.1, 0.15) is 12.4 Å². The predicted octanol–water partition coefficient (Wildman–Crippen LogP) is 1.14. The van der Waals surface area contributed by atoms with Gasteiger partial charge in [0.2, 0.25) is 5.91 Å². The fourth-order valence-electron chi connectivity index (χ4n) is 5.07. The number of halogens is 1. The molecule has 0 bridgehead atoms. The molecular weight excluding hydrogens is 375 g/mol. The van der Waals surface area contributed by atoms with E-state index in [0.717, 1.165) is 32.4 Å². The van der Waals surface area contributed by atoms with Gasteiger partial charge in [0, 0.05) is 44.8 Å². The Hall–Kier alpha value is -2.19. The fraction of sp³-hybridized carbons (Fsp3) is 0.619. The summed E-state index contributed by atoms with van der Waals surface area (Å²) in [5.41, 5.74) is 1.19.